The van der Waals surface area contributed by atoms with Gasteiger partial charge in [0.15, 0.2) is 0 Å². The number of hydrogen-bond acceptors (Lipinski definition) is 2. The highest BCUT2D eigenvalue weighted by Gasteiger charge is 2.25. The Morgan fingerprint density at radius 1 is 1.28 bits per heavy atom. The average molecular weight is 263 g/mol. The summed E-state index contributed by atoms with van der Waals surface area (Å²) in [6, 6.07) is 2.51. The summed E-state index contributed by atoms with van der Waals surface area (Å²) < 4.78 is 0. The number of thiophene rings is 1. The molecule has 2 aliphatic carbocycles. The smallest absolute Gasteiger partial charge is 0.261 e. The minimum Gasteiger partial charge on any atom is -0.348 e. The number of aryl methyl sites for hydroxylation is 2. The molecule has 1 N–H and O–H groups in total. The molecule has 1 aromatic rings. The quantitative estimate of drug-likeness (QED) is 0.868. The van der Waals surface area contributed by atoms with Crippen LogP contribution in [0.1, 0.15) is 59.1 Å². The normalized spacial score (nSPS) is 26.9. The molecule has 1 heterocycles. The second kappa shape index (κ2) is 5.04. The maximum absolute atomic E-state index is 12.3. The Kier molecular flexibility index (Phi) is 3.42. The zero-order valence-electron chi connectivity index (χ0n) is 11.0. The van der Waals surface area contributed by atoms with E-state index in [1.165, 1.54) is 49.0 Å². The zero-order chi connectivity index (χ0) is 12.5. The molecular weight excluding hydrogens is 242 g/mol. The number of carbonyl (C=O) groups excluding carboxylic acids is 1. The van der Waals surface area contributed by atoms with Gasteiger partial charge in [0.2, 0.25) is 0 Å². The Morgan fingerprint density at radius 2 is 2.11 bits per heavy atom. The van der Waals surface area contributed by atoms with Crippen molar-refractivity contribution >= 4 is 17.2 Å². The van der Waals surface area contributed by atoms with Crippen molar-refractivity contribution in [2.75, 3.05) is 0 Å². The van der Waals surface area contributed by atoms with Crippen LogP contribution in [0.4, 0.5) is 0 Å². The second-order valence-corrected chi connectivity index (χ2v) is 6.89. The first-order chi connectivity index (χ1) is 8.74. The van der Waals surface area contributed by atoms with Gasteiger partial charge in [-0.2, -0.15) is 0 Å². The highest BCUT2D eigenvalue weighted by molar-refractivity contribution is 7.14. The second-order valence-electron chi connectivity index (χ2n) is 5.75. The highest BCUT2D eigenvalue weighted by atomic mass is 32.1. The molecule has 98 valence electrons. The lowest BCUT2D eigenvalue weighted by molar-refractivity contribution is 0.0914. The summed E-state index contributed by atoms with van der Waals surface area (Å²) in [5, 5.41) is 3.25. The van der Waals surface area contributed by atoms with Gasteiger partial charge in [-0.05, 0) is 49.7 Å². The standard InChI is InChI=1S/C15H21NOS/c1-10-5-2-3-7-12(10)16-15(17)14-9-11-6-4-8-13(11)18-14/h9-10,12H,2-8H2,1H3,(H,16,17)/t10-,12-/m0/s1. The molecule has 2 aliphatic rings. The molecule has 0 aliphatic heterocycles. The van der Waals surface area contributed by atoms with Crippen LogP contribution in [-0.4, -0.2) is 11.9 Å². The van der Waals surface area contributed by atoms with Gasteiger partial charge in [0, 0.05) is 10.9 Å². The minimum atomic E-state index is 0.160. The molecule has 2 atom stereocenters. The van der Waals surface area contributed by atoms with E-state index in [-0.39, 0.29) is 5.91 Å². The Hall–Kier alpha value is -0.830. The van der Waals surface area contributed by atoms with Crippen molar-refractivity contribution in [3.63, 3.8) is 0 Å². The molecule has 3 rings (SSSR count). The van der Waals surface area contributed by atoms with Gasteiger partial charge in [-0.1, -0.05) is 19.8 Å². The molecule has 1 fully saturated rings. The summed E-state index contributed by atoms with van der Waals surface area (Å²) in [4.78, 5) is 14.6. The average Bonchev–Trinajstić information content (AvgIpc) is 2.92. The fourth-order valence-electron chi connectivity index (χ4n) is 3.21. The fraction of sp³-hybridized carbons (Fsp3) is 0.667. The molecule has 1 saturated carbocycles. The Bertz CT molecular complexity index is 430. The monoisotopic (exact) mass is 263 g/mol. The summed E-state index contributed by atoms with van der Waals surface area (Å²) >= 11 is 1.71. The number of rotatable bonds is 2. The highest BCUT2D eigenvalue weighted by Crippen LogP contribution is 2.31. The van der Waals surface area contributed by atoms with E-state index in [2.05, 4.69) is 18.3 Å². The SMILES string of the molecule is C[C@H]1CCCC[C@@H]1NC(=O)c1cc2c(s1)CCC2. The van der Waals surface area contributed by atoms with E-state index in [1.54, 1.807) is 11.3 Å². The van der Waals surface area contributed by atoms with Gasteiger partial charge in [-0.25, -0.2) is 0 Å². The molecule has 1 amide bonds. The Morgan fingerprint density at radius 3 is 2.89 bits per heavy atom. The zero-order valence-corrected chi connectivity index (χ0v) is 11.8. The van der Waals surface area contributed by atoms with Crippen molar-refractivity contribution in [3.8, 4) is 0 Å². The van der Waals surface area contributed by atoms with Crippen LogP contribution >= 0.6 is 11.3 Å². The van der Waals surface area contributed by atoms with E-state index < -0.39 is 0 Å². The Balaban J connectivity index is 1.66. The first-order valence-corrected chi connectivity index (χ1v) is 7.98. The first-order valence-electron chi connectivity index (χ1n) is 7.16. The van der Waals surface area contributed by atoms with Gasteiger partial charge < -0.3 is 5.32 Å². The van der Waals surface area contributed by atoms with Gasteiger partial charge in [0.1, 0.15) is 0 Å². The molecule has 0 saturated heterocycles. The first kappa shape index (κ1) is 12.2. The largest absolute Gasteiger partial charge is 0.348 e. The molecular formula is C15H21NOS. The van der Waals surface area contributed by atoms with E-state index in [9.17, 15) is 4.79 Å². The molecule has 3 heteroatoms. The Labute approximate surface area is 113 Å². The molecule has 1 aromatic heterocycles. The van der Waals surface area contributed by atoms with Crippen molar-refractivity contribution in [3.05, 3.63) is 21.4 Å². The van der Waals surface area contributed by atoms with Gasteiger partial charge in [0.25, 0.3) is 5.91 Å². The number of nitrogens with one attached hydrogen (secondary N) is 1. The molecule has 0 bridgehead atoms. The lowest BCUT2D eigenvalue weighted by Gasteiger charge is -2.29. The van der Waals surface area contributed by atoms with Crippen LogP contribution in [0.3, 0.4) is 0 Å². The maximum atomic E-state index is 12.3. The number of amides is 1. The van der Waals surface area contributed by atoms with Crippen LogP contribution in [0, 0.1) is 5.92 Å². The van der Waals surface area contributed by atoms with Gasteiger partial charge in [-0.15, -0.1) is 11.3 Å². The van der Waals surface area contributed by atoms with Crippen LogP contribution in [-0.2, 0) is 12.8 Å². The topological polar surface area (TPSA) is 29.1 Å². The number of carbonyl (C=O) groups is 1. The predicted molar refractivity (Wildman–Crippen MR) is 75.2 cm³/mol. The third-order valence-electron chi connectivity index (χ3n) is 4.40. The van der Waals surface area contributed by atoms with E-state index in [4.69, 9.17) is 0 Å². The van der Waals surface area contributed by atoms with Crippen LogP contribution in [0.25, 0.3) is 0 Å². The summed E-state index contributed by atoms with van der Waals surface area (Å²) in [5.41, 5.74) is 1.42. The maximum Gasteiger partial charge on any atom is 0.261 e. The van der Waals surface area contributed by atoms with E-state index in [0.717, 1.165) is 11.3 Å². The van der Waals surface area contributed by atoms with Gasteiger partial charge in [-0.3, -0.25) is 4.79 Å². The van der Waals surface area contributed by atoms with E-state index >= 15 is 0 Å². The summed E-state index contributed by atoms with van der Waals surface area (Å²) in [6.07, 6.45) is 8.59. The molecule has 18 heavy (non-hydrogen) atoms. The van der Waals surface area contributed by atoms with Crippen LogP contribution in [0.15, 0.2) is 6.07 Å². The summed E-state index contributed by atoms with van der Waals surface area (Å²) in [7, 11) is 0. The van der Waals surface area contributed by atoms with Crippen molar-refractivity contribution in [2.24, 2.45) is 5.92 Å². The molecule has 0 aromatic carbocycles. The minimum absolute atomic E-state index is 0.160. The van der Waals surface area contributed by atoms with Crippen LogP contribution < -0.4 is 5.32 Å². The summed E-state index contributed by atoms with van der Waals surface area (Å²) in [5.74, 6) is 0.794. The summed E-state index contributed by atoms with van der Waals surface area (Å²) in [6.45, 7) is 2.26. The number of fused-ring (bicyclic) bond motifs is 1. The van der Waals surface area contributed by atoms with Crippen molar-refractivity contribution < 1.29 is 4.79 Å². The molecule has 0 unspecified atom stereocenters. The van der Waals surface area contributed by atoms with E-state index in [0.29, 0.717) is 12.0 Å². The van der Waals surface area contributed by atoms with Gasteiger partial charge >= 0.3 is 0 Å². The third kappa shape index (κ3) is 2.33. The van der Waals surface area contributed by atoms with Crippen molar-refractivity contribution in [1.29, 1.82) is 0 Å². The van der Waals surface area contributed by atoms with Crippen molar-refractivity contribution in [2.45, 2.75) is 57.9 Å². The molecule has 0 spiro atoms. The molecule has 0 radical (unpaired) electrons. The molecule has 2 nitrogen and oxygen atoms in total. The number of hydrogen-bond donors (Lipinski definition) is 1. The third-order valence-corrected chi connectivity index (χ3v) is 5.63. The lowest BCUT2D eigenvalue weighted by Crippen LogP contribution is -2.40. The van der Waals surface area contributed by atoms with Crippen LogP contribution in [0.2, 0.25) is 0 Å². The van der Waals surface area contributed by atoms with Gasteiger partial charge in [0.05, 0.1) is 4.88 Å². The fourth-order valence-corrected chi connectivity index (χ4v) is 4.37. The van der Waals surface area contributed by atoms with Crippen molar-refractivity contribution in [1.82, 2.24) is 5.32 Å². The van der Waals surface area contributed by atoms with Crippen LogP contribution in [0.5, 0.6) is 0 Å². The lowest BCUT2D eigenvalue weighted by atomic mass is 9.86. The predicted octanol–water partition coefficient (Wildman–Crippen LogP) is 3.55. The van der Waals surface area contributed by atoms with E-state index in [1.807, 2.05) is 0 Å².